The molecule has 1 aromatic carbocycles. The van der Waals surface area contributed by atoms with Crippen molar-refractivity contribution in [3.05, 3.63) is 53.2 Å². The van der Waals surface area contributed by atoms with E-state index in [9.17, 15) is 26.4 Å². The van der Waals surface area contributed by atoms with E-state index in [-0.39, 0.29) is 11.5 Å². The van der Waals surface area contributed by atoms with Crippen molar-refractivity contribution in [1.29, 1.82) is 0 Å². The average molecular weight is 434 g/mol. The lowest BCUT2D eigenvalue weighted by Gasteiger charge is -2.35. The van der Waals surface area contributed by atoms with Crippen LogP contribution in [0.5, 0.6) is 0 Å². The van der Waals surface area contributed by atoms with E-state index >= 15 is 0 Å². The summed E-state index contributed by atoms with van der Waals surface area (Å²) in [5.41, 5.74) is -5.26. The minimum absolute atomic E-state index is 0.124. The van der Waals surface area contributed by atoms with Crippen LogP contribution in [0.15, 0.2) is 47.5 Å². The molecule has 0 N–H and O–H groups in total. The van der Waals surface area contributed by atoms with Gasteiger partial charge in [-0.2, -0.15) is 13.2 Å². The molecule has 0 spiro atoms. The number of aromatic nitrogens is 1. The van der Waals surface area contributed by atoms with E-state index in [0.29, 0.717) is 31.2 Å². The number of anilines is 1. The number of carbonyl (C=O) groups is 1. The number of sulfone groups is 1. The minimum Gasteiger partial charge on any atom is -0.353 e. The van der Waals surface area contributed by atoms with E-state index in [1.165, 1.54) is 6.20 Å². The Morgan fingerprint density at radius 3 is 2.11 bits per heavy atom. The first-order chi connectivity index (χ1) is 13.1. The number of alkyl halides is 3. The summed E-state index contributed by atoms with van der Waals surface area (Å²) in [4.78, 5) is 19.4. The molecule has 1 aliphatic heterocycles. The Balaban J connectivity index is 1.66. The standard InChI is InChI=1S/C17H15ClF3N3O3S/c18-13-3-6-15(22-11-13)23-7-9-24(10-8-23)16(25)12-1-4-14(5-2-12)28(26,27)17(19,20)21/h1-6,11H,7-10H2. The number of amides is 1. The maximum Gasteiger partial charge on any atom is 0.501 e. The van der Waals surface area contributed by atoms with E-state index in [1.54, 1.807) is 17.0 Å². The third-order valence-corrected chi connectivity index (χ3v) is 6.04. The number of pyridine rings is 1. The molecule has 0 saturated carbocycles. The van der Waals surface area contributed by atoms with Gasteiger partial charge in [0.05, 0.1) is 9.92 Å². The van der Waals surface area contributed by atoms with Crippen molar-refractivity contribution in [2.24, 2.45) is 0 Å². The van der Waals surface area contributed by atoms with Crippen molar-refractivity contribution in [3.63, 3.8) is 0 Å². The molecule has 0 radical (unpaired) electrons. The molecule has 28 heavy (non-hydrogen) atoms. The summed E-state index contributed by atoms with van der Waals surface area (Å²) in [6.45, 7) is 1.85. The van der Waals surface area contributed by atoms with E-state index in [2.05, 4.69) is 4.98 Å². The van der Waals surface area contributed by atoms with Crippen LogP contribution in [0.4, 0.5) is 19.0 Å². The molecule has 1 fully saturated rings. The van der Waals surface area contributed by atoms with Gasteiger partial charge in [-0.1, -0.05) is 11.6 Å². The summed E-state index contributed by atoms with van der Waals surface area (Å²) in [6.07, 6.45) is 1.53. The molecule has 1 amide bonds. The van der Waals surface area contributed by atoms with Crippen LogP contribution in [0, 0.1) is 0 Å². The van der Waals surface area contributed by atoms with Gasteiger partial charge in [0.1, 0.15) is 5.82 Å². The van der Waals surface area contributed by atoms with Crippen molar-refractivity contribution in [3.8, 4) is 0 Å². The zero-order valence-electron chi connectivity index (χ0n) is 14.4. The predicted molar refractivity (Wildman–Crippen MR) is 97.0 cm³/mol. The first-order valence-corrected chi connectivity index (χ1v) is 10.0. The first-order valence-electron chi connectivity index (χ1n) is 8.17. The summed E-state index contributed by atoms with van der Waals surface area (Å²) in [7, 11) is -5.43. The molecule has 6 nitrogen and oxygen atoms in total. The van der Waals surface area contributed by atoms with Crippen molar-refractivity contribution in [1.82, 2.24) is 9.88 Å². The molecule has 2 aromatic rings. The quantitative estimate of drug-likeness (QED) is 0.744. The van der Waals surface area contributed by atoms with Crippen molar-refractivity contribution in [2.75, 3.05) is 31.1 Å². The van der Waals surface area contributed by atoms with Gasteiger partial charge in [0.15, 0.2) is 0 Å². The number of rotatable bonds is 3. The summed E-state index contributed by atoms with van der Waals surface area (Å²) < 4.78 is 60.5. The maximum atomic E-state index is 12.6. The monoisotopic (exact) mass is 433 g/mol. The van der Waals surface area contributed by atoms with Crippen LogP contribution in [0.1, 0.15) is 10.4 Å². The molecule has 1 aromatic heterocycles. The van der Waals surface area contributed by atoms with Gasteiger partial charge in [-0.3, -0.25) is 4.79 Å². The molecule has 11 heteroatoms. The van der Waals surface area contributed by atoms with Crippen molar-refractivity contribution >= 4 is 33.2 Å². The smallest absolute Gasteiger partial charge is 0.353 e. The second kappa shape index (κ2) is 7.59. The highest BCUT2D eigenvalue weighted by Gasteiger charge is 2.46. The lowest BCUT2D eigenvalue weighted by atomic mass is 10.2. The Morgan fingerprint density at radius 1 is 1.00 bits per heavy atom. The normalized spacial score (nSPS) is 15.6. The van der Waals surface area contributed by atoms with Crippen LogP contribution < -0.4 is 4.90 Å². The van der Waals surface area contributed by atoms with Crippen molar-refractivity contribution < 1.29 is 26.4 Å². The average Bonchev–Trinajstić information content (AvgIpc) is 2.67. The topological polar surface area (TPSA) is 70.6 Å². The fourth-order valence-corrected chi connectivity index (χ4v) is 3.66. The van der Waals surface area contributed by atoms with Crippen LogP contribution in [0.2, 0.25) is 5.02 Å². The highest BCUT2D eigenvalue weighted by molar-refractivity contribution is 7.92. The summed E-state index contributed by atoms with van der Waals surface area (Å²) in [6, 6.07) is 7.27. The van der Waals surface area contributed by atoms with Gasteiger partial charge in [-0.15, -0.1) is 0 Å². The molecule has 0 atom stereocenters. The van der Waals surface area contributed by atoms with Gasteiger partial charge in [-0.25, -0.2) is 13.4 Å². The molecule has 2 heterocycles. The molecule has 0 aliphatic carbocycles. The molecular formula is C17H15ClF3N3O3S. The zero-order chi connectivity index (χ0) is 20.5. The molecule has 0 unspecified atom stereocenters. The van der Waals surface area contributed by atoms with Gasteiger partial charge in [-0.05, 0) is 36.4 Å². The van der Waals surface area contributed by atoms with Gasteiger partial charge >= 0.3 is 5.51 Å². The highest BCUT2D eigenvalue weighted by atomic mass is 35.5. The fraction of sp³-hybridized carbons (Fsp3) is 0.294. The molecule has 150 valence electrons. The number of hydrogen-bond donors (Lipinski definition) is 0. The second-order valence-electron chi connectivity index (χ2n) is 6.09. The molecule has 1 aliphatic rings. The SMILES string of the molecule is O=C(c1ccc(S(=O)(=O)C(F)(F)F)cc1)N1CCN(c2ccc(Cl)cn2)CC1. The Bertz CT molecular complexity index is 956. The molecular weight excluding hydrogens is 419 g/mol. The summed E-state index contributed by atoms with van der Waals surface area (Å²) in [5, 5.41) is 0.522. The van der Waals surface area contributed by atoms with E-state index < -0.39 is 20.2 Å². The molecule has 1 saturated heterocycles. The minimum atomic E-state index is -5.43. The van der Waals surface area contributed by atoms with Crippen LogP contribution in [-0.4, -0.2) is 55.9 Å². The van der Waals surface area contributed by atoms with Gasteiger partial charge < -0.3 is 9.80 Å². The van der Waals surface area contributed by atoms with E-state index in [4.69, 9.17) is 11.6 Å². The van der Waals surface area contributed by atoms with Gasteiger partial charge in [0.2, 0.25) is 0 Å². The maximum absolute atomic E-state index is 12.6. The number of halogens is 4. The fourth-order valence-electron chi connectivity index (χ4n) is 2.79. The van der Waals surface area contributed by atoms with Gasteiger partial charge in [0.25, 0.3) is 15.7 Å². The Labute approximate surface area is 164 Å². The van der Waals surface area contributed by atoms with Crippen LogP contribution in [0.3, 0.4) is 0 Å². The molecule has 0 bridgehead atoms. The lowest BCUT2D eigenvalue weighted by molar-refractivity contribution is -0.0436. The number of nitrogens with zero attached hydrogens (tertiary/aromatic N) is 3. The summed E-state index contributed by atoms with van der Waals surface area (Å²) in [5.74, 6) is 0.359. The third kappa shape index (κ3) is 4.07. The number of piperazine rings is 1. The van der Waals surface area contributed by atoms with Crippen LogP contribution >= 0.6 is 11.6 Å². The predicted octanol–water partition coefficient (Wildman–Crippen LogP) is 2.99. The second-order valence-corrected chi connectivity index (χ2v) is 8.47. The Morgan fingerprint density at radius 2 is 1.61 bits per heavy atom. The summed E-state index contributed by atoms with van der Waals surface area (Å²) >= 11 is 5.81. The van der Waals surface area contributed by atoms with E-state index in [0.717, 1.165) is 30.1 Å². The lowest BCUT2D eigenvalue weighted by Crippen LogP contribution is -2.49. The third-order valence-electron chi connectivity index (χ3n) is 4.32. The zero-order valence-corrected chi connectivity index (χ0v) is 15.9. The van der Waals surface area contributed by atoms with E-state index in [1.807, 2.05) is 4.90 Å². The number of benzene rings is 1. The van der Waals surface area contributed by atoms with Crippen LogP contribution in [-0.2, 0) is 9.84 Å². The Hall–Kier alpha value is -2.33. The van der Waals surface area contributed by atoms with Crippen molar-refractivity contribution in [2.45, 2.75) is 10.4 Å². The number of carbonyl (C=O) groups excluding carboxylic acids is 1. The first kappa shape index (κ1) is 20.4. The highest BCUT2D eigenvalue weighted by Crippen LogP contribution is 2.30. The Kier molecular flexibility index (Phi) is 5.53. The number of hydrogen-bond acceptors (Lipinski definition) is 5. The van der Waals surface area contributed by atoms with Gasteiger partial charge in [0, 0.05) is 37.9 Å². The largest absolute Gasteiger partial charge is 0.501 e. The molecule has 3 rings (SSSR count). The van der Waals surface area contributed by atoms with Crippen LogP contribution in [0.25, 0.3) is 0 Å².